The third-order valence-corrected chi connectivity index (χ3v) is 6.24. The Kier molecular flexibility index (Phi) is 3.69. The number of amides is 1. The number of hydrogen-bond acceptors (Lipinski definition) is 4. The van der Waals surface area contributed by atoms with E-state index in [1.54, 1.807) is 0 Å². The van der Waals surface area contributed by atoms with Crippen molar-refractivity contribution in [2.24, 2.45) is 5.92 Å². The van der Waals surface area contributed by atoms with E-state index in [0.29, 0.717) is 30.8 Å². The molecule has 6 nitrogen and oxygen atoms in total. The van der Waals surface area contributed by atoms with Crippen molar-refractivity contribution >= 4 is 33.2 Å². The summed E-state index contributed by atoms with van der Waals surface area (Å²) in [6.45, 7) is 0.643. The lowest BCUT2D eigenvalue weighted by Gasteiger charge is -2.18. The number of benzene rings is 1. The second-order valence-corrected chi connectivity index (χ2v) is 7.68. The summed E-state index contributed by atoms with van der Waals surface area (Å²) >= 11 is 6.08. The molecule has 2 aliphatic rings. The molecular weight excluding hydrogens is 316 g/mol. The minimum atomic E-state index is -3.70. The van der Waals surface area contributed by atoms with E-state index in [-0.39, 0.29) is 34.8 Å². The third-order valence-electron chi connectivity index (χ3n) is 3.91. The summed E-state index contributed by atoms with van der Waals surface area (Å²) < 4.78 is 26.6. The predicted octanol–water partition coefficient (Wildman–Crippen LogP) is 0.837. The summed E-state index contributed by atoms with van der Waals surface area (Å²) in [6, 6.07) is 2.95. The Morgan fingerprint density at radius 3 is 2.86 bits per heavy atom. The molecule has 8 heteroatoms. The predicted molar refractivity (Wildman–Crippen MR) is 77.7 cm³/mol. The second kappa shape index (κ2) is 5.24. The molecule has 1 atom stereocenters. The first-order valence-electron chi connectivity index (χ1n) is 6.65. The molecule has 1 unspecified atom stereocenters. The van der Waals surface area contributed by atoms with E-state index in [0.717, 1.165) is 0 Å². The highest BCUT2D eigenvalue weighted by Crippen LogP contribution is 2.35. The van der Waals surface area contributed by atoms with Crippen LogP contribution in [0.2, 0.25) is 5.02 Å². The van der Waals surface area contributed by atoms with Crippen LogP contribution >= 0.6 is 11.6 Å². The summed E-state index contributed by atoms with van der Waals surface area (Å²) in [6.07, 6.45) is 0.798. The number of aliphatic hydroxyl groups excluding tert-OH is 1. The SMILES string of the molecule is O=C1Cc2cc(S(=O)(=O)N3CCC(CO)C3)c(Cl)cc2N1. The summed E-state index contributed by atoms with van der Waals surface area (Å²) in [5, 5.41) is 11.9. The number of rotatable bonds is 3. The van der Waals surface area contributed by atoms with Gasteiger partial charge in [0.2, 0.25) is 15.9 Å². The largest absolute Gasteiger partial charge is 0.396 e. The monoisotopic (exact) mass is 330 g/mol. The van der Waals surface area contributed by atoms with Crippen LogP contribution in [-0.2, 0) is 21.2 Å². The summed E-state index contributed by atoms with van der Waals surface area (Å²) in [5.74, 6) is -0.201. The van der Waals surface area contributed by atoms with Crippen LogP contribution in [0.5, 0.6) is 0 Å². The molecular formula is C13H15ClN2O4S. The molecule has 1 aromatic carbocycles. The van der Waals surface area contributed by atoms with Gasteiger partial charge < -0.3 is 10.4 Å². The van der Waals surface area contributed by atoms with Crippen LogP contribution in [0.25, 0.3) is 0 Å². The van der Waals surface area contributed by atoms with E-state index in [9.17, 15) is 13.2 Å². The molecule has 2 aliphatic heterocycles. The van der Waals surface area contributed by atoms with Crippen LogP contribution in [0.15, 0.2) is 17.0 Å². The minimum absolute atomic E-state index is 0.0254. The number of halogens is 1. The molecule has 1 fully saturated rings. The van der Waals surface area contributed by atoms with Crippen molar-refractivity contribution in [3.05, 3.63) is 22.7 Å². The molecule has 0 spiro atoms. The number of hydrogen-bond donors (Lipinski definition) is 2. The van der Waals surface area contributed by atoms with E-state index in [1.165, 1.54) is 16.4 Å². The van der Waals surface area contributed by atoms with Crippen molar-refractivity contribution in [3.63, 3.8) is 0 Å². The molecule has 114 valence electrons. The molecule has 1 amide bonds. The first-order chi connectivity index (χ1) is 9.91. The maximum absolute atomic E-state index is 12.7. The molecule has 0 radical (unpaired) electrons. The highest BCUT2D eigenvalue weighted by molar-refractivity contribution is 7.89. The molecule has 0 aromatic heterocycles. The fourth-order valence-electron chi connectivity index (χ4n) is 2.73. The lowest BCUT2D eigenvalue weighted by Crippen LogP contribution is -2.29. The number of fused-ring (bicyclic) bond motifs is 1. The van der Waals surface area contributed by atoms with Crippen molar-refractivity contribution in [2.75, 3.05) is 25.0 Å². The summed E-state index contributed by atoms with van der Waals surface area (Å²) in [5.41, 5.74) is 1.21. The third kappa shape index (κ3) is 2.55. The number of carbonyl (C=O) groups is 1. The molecule has 2 heterocycles. The first kappa shape index (κ1) is 14.8. The van der Waals surface area contributed by atoms with Crippen LogP contribution < -0.4 is 5.32 Å². The second-order valence-electron chi connectivity index (χ2n) is 5.37. The smallest absolute Gasteiger partial charge is 0.244 e. The average Bonchev–Trinajstić information content (AvgIpc) is 3.02. The van der Waals surface area contributed by atoms with E-state index in [2.05, 4.69) is 5.32 Å². The summed E-state index contributed by atoms with van der Waals surface area (Å²) in [7, 11) is -3.70. The van der Waals surface area contributed by atoms with Crippen LogP contribution in [0.1, 0.15) is 12.0 Å². The topological polar surface area (TPSA) is 86.7 Å². The molecule has 0 bridgehead atoms. The van der Waals surface area contributed by atoms with Gasteiger partial charge in [0.1, 0.15) is 4.90 Å². The maximum Gasteiger partial charge on any atom is 0.244 e. The molecule has 0 saturated carbocycles. The van der Waals surface area contributed by atoms with Crippen LogP contribution in [-0.4, -0.2) is 43.4 Å². The number of nitrogens with one attached hydrogen (secondary N) is 1. The Bertz CT molecular complexity index is 704. The number of anilines is 1. The fraction of sp³-hybridized carbons (Fsp3) is 0.462. The zero-order valence-electron chi connectivity index (χ0n) is 11.2. The average molecular weight is 331 g/mol. The molecule has 21 heavy (non-hydrogen) atoms. The zero-order chi connectivity index (χ0) is 15.2. The van der Waals surface area contributed by atoms with Crippen LogP contribution in [0, 0.1) is 5.92 Å². The number of aliphatic hydroxyl groups is 1. The van der Waals surface area contributed by atoms with Gasteiger partial charge in [0.25, 0.3) is 0 Å². The molecule has 0 aliphatic carbocycles. The van der Waals surface area contributed by atoms with Crippen molar-refractivity contribution in [1.29, 1.82) is 0 Å². The van der Waals surface area contributed by atoms with Gasteiger partial charge in [-0.3, -0.25) is 4.79 Å². The van der Waals surface area contributed by atoms with E-state index >= 15 is 0 Å². The fourth-order valence-corrected chi connectivity index (χ4v) is 4.81. The van der Waals surface area contributed by atoms with Gasteiger partial charge in [-0.1, -0.05) is 11.6 Å². The normalized spacial score (nSPS) is 22.4. The standard InChI is InChI=1S/C13H15ClN2O4S/c14-10-5-11-9(4-13(18)15-11)3-12(10)21(19,20)16-2-1-8(6-16)7-17/h3,5,8,17H,1-2,4,6-7H2,(H,15,18). The van der Waals surface area contributed by atoms with Gasteiger partial charge in [0.15, 0.2) is 0 Å². The zero-order valence-corrected chi connectivity index (χ0v) is 12.7. The molecule has 2 N–H and O–H groups in total. The molecule has 3 rings (SSSR count). The minimum Gasteiger partial charge on any atom is -0.396 e. The van der Waals surface area contributed by atoms with Crippen molar-refractivity contribution < 1.29 is 18.3 Å². The Morgan fingerprint density at radius 1 is 1.43 bits per heavy atom. The van der Waals surface area contributed by atoms with Gasteiger partial charge in [0.05, 0.1) is 11.4 Å². The van der Waals surface area contributed by atoms with Gasteiger partial charge in [0, 0.05) is 25.4 Å². The number of carbonyl (C=O) groups excluding carboxylic acids is 1. The highest BCUT2D eigenvalue weighted by atomic mass is 35.5. The molecule has 1 saturated heterocycles. The Morgan fingerprint density at radius 2 is 2.19 bits per heavy atom. The van der Waals surface area contributed by atoms with E-state index in [1.807, 2.05) is 0 Å². The van der Waals surface area contributed by atoms with Crippen molar-refractivity contribution in [1.82, 2.24) is 4.31 Å². The first-order valence-corrected chi connectivity index (χ1v) is 8.47. The quantitative estimate of drug-likeness (QED) is 0.859. The maximum atomic E-state index is 12.7. The van der Waals surface area contributed by atoms with E-state index < -0.39 is 10.0 Å². The Hall–Kier alpha value is -1.15. The lowest BCUT2D eigenvalue weighted by atomic mass is 10.1. The van der Waals surface area contributed by atoms with Gasteiger partial charge in [-0.25, -0.2) is 8.42 Å². The molecule has 1 aromatic rings. The van der Waals surface area contributed by atoms with Crippen LogP contribution in [0.4, 0.5) is 5.69 Å². The van der Waals surface area contributed by atoms with Gasteiger partial charge in [-0.2, -0.15) is 4.31 Å². The van der Waals surface area contributed by atoms with Gasteiger partial charge >= 0.3 is 0 Å². The highest BCUT2D eigenvalue weighted by Gasteiger charge is 2.34. The van der Waals surface area contributed by atoms with Crippen LogP contribution in [0.3, 0.4) is 0 Å². The summed E-state index contributed by atoms with van der Waals surface area (Å²) in [4.78, 5) is 11.4. The van der Waals surface area contributed by atoms with Gasteiger partial charge in [-0.15, -0.1) is 0 Å². The van der Waals surface area contributed by atoms with E-state index in [4.69, 9.17) is 16.7 Å². The van der Waals surface area contributed by atoms with Crippen molar-refractivity contribution in [3.8, 4) is 0 Å². The van der Waals surface area contributed by atoms with Gasteiger partial charge in [-0.05, 0) is 30.0 Å². The number of nitrogens with zero attached hydrogens (tertiary/aromatic N) is 1. The Labute approximate surface area is 127 Å². The Balaban J connectivity index is 1.97. The lowest BCUT2D eigenvalue weighted by molar-refractivity contribution is -0.115. The van der Waals surface area contributed by atoms with Crippen molar-refractivity contribution in [2.45, 2.75) is 17.7 Å². The number of sulfonamides is 1.